The Balaban J connectivity index is 2.89. The third kappa shape index (κ3) is 3.72. The van der Waals surface area contributed by atoms with Gasteiger partial charge in [-0.25, -0.2) is 9.59 Å². The summed E-state index contributed by atoms with van der Waals surface area (Å²) in [6.45, 7) is 5.98. The Morgan fingerprint density at radius 1 is 1.40 bits per heavy atom. The Kier molecular flexibility index (Phi) is 5.16. The van der Waals surface area contributed by atoms with Gasteiger partial charge in [0.2, 0.25) is 0 Å². The summed E-state index contributed by atoms with van der Waals surface area (Å²) in [5.41, 5.74) is 0.452. The molecule has 1 aromatic carbocycles. The molecule has 1 rings (SSSR count). The molecule has 0 bridgehead atoms. The lowest BCUT2D eigenvalue weighted by Crippen LogP contribution is -2.46. The summed E-state index contributed by atoms with van der Waals surface area (Å²) >= 11 is 3.26. The van der Waals surface area contributed by atoms with Gasteiger partial charge >= 0.3 is 12.0 Å². The minimum absolute atomic E-state index is 0.164. The molecule has 110 valence electrons. The number of carbonyl (C=O) groups is 2. The molecular formula is C14H19BrN2O3. The number of carboxylic acids is 1. The van der Waals surface area contributed by atoms with Gasteiger partial charge in [0, 0.05) is 17.1 Å². The van der Waals surface area contributed by atoms with Crippen LogP contribution in [0.25, 0.3) is 0 Å². The van der Waals surface area contributed by atoms with Crippen LogP contribution in [0.1, 0.15) is 37.6 Å². The maximum Gasteiger partial charge on any atom is 0.335 e. The predicted octanol–water partition coefficient (Wildman–Crippen LogP) is 3.80. The molecule has 0 saturated carbocycles. The van der Waals surface area contributed by atoms with E-state index in [1.165, 1.54) is 12.1 Å². The zero-order valence-electron chi connectivity index (χ0n) is 12.0. The fraction of sp³-hybridized carbons (Fsp3) is 0.429. The lowest BCUT2D eigenvalue weighted by molar-refractivity contribution is 0.0697. The second kappa shape index (κ2) is 6.26. The van der Waals surface area contributed by atoms with Crippen LogP contribution >= 0.6 is 15.9 Å². The number of nitrogens with zero attached hydrogens (tertiary/aromatic N) is 1. The lowest BCUT2D eigenvalue weighted by Gasteiger charge is -2.34. The molecule has 2 amide bonds. The van der Waals surface area contributed by atoms with Crippen molar-refractivity contribution in [3.63, 3.8) is 0 Å². The van der Waals surface area contributed by atoms with Gasteiger partial charge in [0.25, 0.3) is 0 Å². The van der Waals surface area contributed by atoms with Crippen LogP contribution in [-0.2, 0) is 0 Å². The molecular weight excluding hydrogens is 324 g/mol. The highest BCUT2D eigenvalue weighted by atomic mass is 79.9. The van der Waals surface area contributed by atoms with Gasteiger partial charge in [-0.1, -0.05) is 6.92 Å². The number of rotatable bonds is 4. The molecule has 0 saturated heterocycles. The Labute approximate surface area is 127 Å². The van der Waals surface area contributed by atoms with E-state index in [2.05, 4.69) is 21.2 Å². The van der Waals surface area contributed by atoms with E-state index in [0.29, 0.717) is 10.2 Å². The zero-order valence-corrected chi connectivity index (χ0v) is 13.6. The van der Waals surface area contributed by atoms with Gasteiger partial charge in [-0.05, 0) is 54.4 Å². The van der Waals surface area contributed by atoms with Gasteiger partial charge in [-0.3, -0.25) is 0 Å². The van der Waals surface area contributed by atoms with Crippen molar-refractivity contribution >= 4 is 33.6 Å². The van der Waals surface area contributed by atoms with Gasteiger partial charge < -0.3 is 15.3 Å². The smallest absolute Gasteiger partial charge is 0.335 e. The van der Waals surface area contributed by atoms with Crippen molar-refractivity contribution in [3.05, 3.63) is 28.2 Å². The Morgan fingerprint density at radius 2 is 2.00 bits per heavy atom. The summed E-state index contributed by atoms with van der Waals surface area (Å²) in [4.78, 5) is 24.6. The van der Waals surface area contributed by atoms with Gasteiger partial charge in [-0.2, -0.15) is 0 Å². The summed E-state index contributed by atoms with van der Waals surface area (Å²) < 4.78 is 0.536. The monoisotopic (exact) mass is 342 g/mol. The first-order valence-electron chi connectivity index (χ1n) is 6.26. The number of amides is 2. The molecule has 0 heterocycles. The van der Waals surface area contributed by atoms with Crippen molar-refractivity contribution in [2.45, 2.75) is 32.7 Å². The minimum atomic E-state index is -1.01. The highest BCUT2D eigenvalue weighted by Gasteiger charge is 2.25. The zero-order chi connectivity index (χ0) is 15.5. The first-order chi connectivity index (χ1) is 9.19. The van der Waals surface area contributed by atoms with Crippen LogP contribution in [-0.4, -0.2) is 34.6 Å². The van der Waals surface area contributed by atoms with E-state index in [1.807, 2.05) is 20.8 Å². The van der Waals surface area contributed by atoms with Crippen molar-refractivity contribution in [1.29, 1.82) is 0 Å². The molecule has 0 aliphatic carbocycles. The van der Waals surface area contributed by atoms with Crippen molar-refractivity contribution in [3.8, 4) is 0 Å². The van der Waals surface area contributed by atoms with E-state index in [1.54, 1.807) is 18.0 Å². The molecule has 6 heteroatoms. The van der Waals surface area contributed by atoms with Gasteiger partial charge in [-0.15, -0.1) is 0 Å². The van der Waals surface area contributed by atoms with E-state index < -0.39 is 5.97 Å². The largest absolute Gasteiger partial charge is 0.478 e. The number of nitrogens with one attached hydrogen (secondary N) is 1. The van der Waals surface area contributed by atoms with E-state index >= 15 is 0 Å². The number of benzene rings is 1. The summed E-state index contributed by atoms with van der Waals surface area (Å²) in [5.74, 6) is -1.01. The number of carboxylic acid groups (broad SMARTS) is 1. The topological polar surface area (TPSA) is 69.6 Å². The predicted molar refractivity (Wildman–Crippen MR) is 82.3 cm³/mol. The molecule has 0 aromatic heterocycles. The summed E-state index contributed by atoms with van der Waals surface area (Å²) in [7, 11) is 1.73. The van der Waals surface area contributed by atoms with Gasteiger partial charge in [0.15, 0.2) is 0 Å². The van der Waals surface area contributed by atoms with Crippen LogP contribution in [0.5, 0.6) is 0 Å². The van der Waals surface area contributed by atoms with Gasteiger partial charge in [0.1, 0.15) is 0 Å². The van der Waals surface area contributed by atoms with E-state index in [9.17, 15) is 9.59 Å². The quantitative estimate of drug-likeness (QED) is 0.874. The molecule has 0 spiro atoms. The third-order valence-corrected chi connectivity index (χ3v) is 4.19. The lowest BCUT2D eigenvalue weighted by atomic mass is 10.0. The van der Waals surface area contributed by atoms with E-state index in [4.69, 9.17) is 5.11 Å². The van der Waals surface area contributed by atoms with Crippen LogP contribution in [0.15, 0.2) is 22.7 Å². The Bertz CT molecular complexity index is 529. The molecule has 20 heavy (non-hydrogen) atoms. The third-order valence-electron chi connectivity index (χ3n) is 3.54. The average Bonchev–Trinajstić information content (AvgIpc) is 2.39. The molecule has 0 atom stereocenters. The highest BCUT2D eigenvalue weighted by Crippen LogP contribution is 2.25. The minimum Gasteiger partial charge on any atom is -0.478 e. The molecule has 0 aliphatic rings. The molecule has 0 aliphatic heterocycles. The summed E-state index contributed by atoms with van der Waals surface area (Å²) in [6.07, 6.45) is 0.829. The maximum atomic E-state index is 12.2. The molecule has 0 unspecified atom stereocenters. The molecule has 0 radical (unpaired) electrons. The van der Waals surface area contributed by atoms with Gasteiger partial charge in [0.05, 0.1) is 11.3 Å². The maximum absolute atomic E-state index is 12.2. The normalized spacial score (nSPS) is 11.1. The van der Waals surface area contributed by atoms with Crippen molar-refractivity contribution in [2.75, 3.05) is 12.4 Å². The summed E-state index contributed by atoms with van der Waals surface area (Å²) in [6, 6.07) is 4.25. The summed E-state index contributed by atoms with van der Waals surface area (Å²) in [5, 5.41) is 11.7. The Morgan fingerprint density at radius 3 is 2.45 bits per heavy atom. The molecule has 5 nitrogen and oxygen atoms in total. The second-order valence-electron chi connectivity index (χ2n) is 5.15. The van der Waals surface area contributed by atoms with E-state index in [-0.39, 0.29) is 17.1 Å². The number of halogens is 1. The number of hydrogen-bond donors (Lipinski definition) is 2. The fourth-order valence-electron chi connectivity index (χ4n) is 1.46. The van der Waals surface area contributed by atoms with Crippen molar-refractivity contribution in [2.24, 2.45) is 0 Å². The first-order valence-corrected chi connectivity index (χ1v) is 7.06. The number of anilines is 1. The standard InChI is InChI=1S/C14H19BrN2O3/c1-5-14(2,3)17(4)13(20)16-11-7-6-9(12(18)19)8-10(11)15/h6-8H,5H2,1-4H3,(H,16,20)(H,18,19). The number of hydrogen-bond acceptors (Lipinski definition) is 2. The van der Waals surface area contributed by atoms with Crippen LogP contribution in [0.2, 0.25) is 0 Å². The number of urea groups is 1. The highest BCUT2D eigenvalue weighted by molar-refractivity contribution is 9.10. The number of carbonyl (C=O) groups excluding carboxylic acids is 1. The van der Waals surface area contributed by atoms with E-state index in [0.717, 1.165) is 6.42 Å². The Hall–Kier alpha value is -1.56. The SMILES string of the molecule is CCC(C)(C)N(C)C(=O)Nc1ccc(C(=O)O)cc1Br. The first kappa shape index (κ1) is 16.5. The van der Waals surface area contributed by atoms with Crippen LogP contribution in [0.4, 0.5) is 10.5 Å². The van der Waals surface area contributed by atoms with Crippen LogP contribution in [0.3, 0.4) is 0 Å². The van der Waals surface area contributed by atoms with Crippen LogP contribution in [0, 0.1) is 0 Å². The molecule has 1 aromatic rings. The molecule has 2 N–H and O–H groups in total. The van der Waals surface area contributed by atoms with Crippen molar-refractivity contribution in [1.82, 2.24) is 4.90 Å². The van der Waals surface area contributed by atoms with Crippen LogP contribution < -0.4 is 5.32 Å². The average molecular weight is 343 g/mol. The van der Waals surface area contributed by atoms with Crippen molar-refractivity contribution < 1.29 is 14.7 Å². The fourth-order valence-corrected chi connectivity index (χ4v) is 1.94. The second-order valence-corrected chi connectivity index (χ2v) is 6.01. The number of aromatic carboxylic acids is 1. The molecule has 0 fully saturated rings.